The zero-order chi connectivity index (χ0) is 29.2. The minimum Gasteiger partial charge on any atom is -0.481 e. The summed E-state index contributed by atoms with van der Waals surface area (Å²) >= 11 is 13.0. The third kappa shape index (κ3) is 6.42. The average molecular weight is 592 g/mol. The highest BCUT2D eigenvalue weighted by Crippen LogP contribution is 2.41. The number of carboxylic acid groups (broad SMARTS) is 1. The molecule has 0 saturated carbocycles. The number of hydrogen-bond donors (Lipinski definition) is 2. The molecule has 1 aromatic heterocycles. The second kappa shape index (κ2) is 11.9. The van der Waals surface area contributed by atoms with Gasteiger partial charge in [-0.1, -0.05) is 61.3 Å². The maximum absolute atomic E-state index is 13.1. The predicted molar refractivity (Wildman–Crippen MR) is 149 cm³/mol. The maximum Gasteiger partial charge on any atom is 0.416 e. The first-order valence-corrected chi connectivity index (χ1v) is 13.2. The molecule has 0 aliphatic heterocycles. The Kier molecular flexibility index (Phi) is 8.75. The molecule has 1 unspecified atom stereocenters. The van der Waals surface area contributed by atoms with Gasteiger partial charge in [0.15, 0.2) is 0 Å². The molecular weight excluding hydrogens is 566 g/mol. The molecule has 4 aromatic rings. The monoisotopic (exact) mass is 591 g/mol. The number of alkyl halides is 3. The first kappa shape index (κ1) is 29.4. The van der Waals surface area contributed by atoms with Crippen molar-refractivity contribution in [2.75, 3.05) is 6.54 Å². The number of carbonyl (C=O) groups excluding carboxylic acids is 1. The fraction of sp³-hybridized carbons (Fsp3) is 0.276. The number of nitrogens with one attached hydrogen (secondary N) is 1. The molecule has 3 aromatic carbocycles. The number of benzene rings is 3. The lowest BCUT2D eigenvalue weighted by atomic mass is 9.95. The predicted octanol–water partition coefficient (Wildman–Crippen LogP) is 7.87. The highest BCUT2D eigenvalue weighted by atomic mass is 35.5. The number of aromatic nitrogens is 2. The lowest BCUT2D eigenvalue weighted by molar-refractivity contribution is -0.138. The summed E-state index contributed by atoms with van der Waals surface area (Å²) in [6.07, 6.45) is -2.32. The molecule has 0 fully saturated rings. The molecular formula is C29H26Cl2F3N3O3. The molecule has 0 radical (unpaired) electrons. The van der Waals surface area contributed by atoms with Crippen LogP contribution in [0.25, 0.3) is 22.0 Å². The van der Waals surface area contributed by atoms with E-state index in [2.05, 4.69) is 24.3 Å². The number of hydrogen-bond acceptors (Lipinski definition) is 3. The summed E-state index contributed by atoms with van der Waals surface area (Å²) in [6.45, 7) is 4.20. The van der Waals surface area contributed by atoms with Crippen LogP contribution in [-0.2, 0) is 11.0 Å². The number of rotatable bonds is 9. The fourth-order valence-electron chi connectivity index (χ4n) is 4.52. The molecule has 11 heteroatoms. The number of carboxylic acids is 1. The highest BCUT2D eigenvalue weighted by Gasteiger charge is 2.31. The van der Waals surface area contributed by atoms with Crippen LogP contribution in [0.2, 0.25) is 10.0 Å². The molecule has 40 heavy (non-hydrogen) atoms. The number of aliphatic carboxylic acids is 1. The van der Waals surface area contributed by atoms with Crippen LogP contribution in [0.5, 0.6) is 0 Å². The third-order valence-corrected chi connectivity index (χ3v) is 7.19. The lowest BCUT2D eigenvalue weighted by Crippen LogP contribution is -2.26. The third-order valence-electron chi connectivity index (χ3n) is 6.47. The Morgan fingerprint density at radius 2 is 1.70 bits per heavy atom. The van der Waals surface area contributed by atoms with Crippen molar-refractivity contribution >= 4 is 46.0 Å². The molecule has 4 rings (SSSR count). The summed E-state index contributed by atoms with van der Waals surface area (Å²) in [7, 11) is 0. The van der Waals surface area contributed by atoms with Crippen molar-refractivity contribution in [1.29, 1.82) is 0 Å². The summed E-state index contributed by atoms with van der Waals surface area (Å²) < 4.78 is 41.2. The highest BCUT2D eigenvalue weighted by molar-refractivity contribution is 6.39. The van der Waals surface area contributed by atoms with Crippen molar-refractivity contribution < 1.29 is 27.9 Å². The van der Waals surface area contributed by atoms with Crippen LogP contribution >= 0.6 is 23.2 Å². The van der Waals surface area contributed by atoms with Gasteiger partial charge in [0.1, 0.15) is 0 Å². The molecule has 0 aliphatic rings. The van der Waals surface area contributed by atoms with Gasteiger partial charge in [0.25, 0.3) is 5.91 Å². The summed E-state index contributed by atoms with van der Waals surface area (Å²) in [6, 6.07) is 13.5. The van der Waals surface area contributed by atoms with Crippen LogP contribution in [0, 0.1) is 5.92 Å². The largest absolute Gasteiger partial charge is 0.481 e. The second-order valence-electron chi connectivity index (χ2n) is 9.81. The Morgan fingerprint density at radius 1 is 1.02 bits per heavy atom. The molecule has 1 amide bonds. The van der Waals surface area contributed by atoms with Crippen LogP contribution in [0.15, 0.2) is 60.8 Å². The molecule has 0 bridgehead atoms. The number of carbonyl (C=O) groups is 2. The van der Waals surface area contributed by atoms with Crippen LogP contribution in [0.1, 0.15) is 54.2 Å². The van der Waals surface area contributed by atoms with Gasteiger partial charge in [0.2, 0.25) is 0 Å². The molecule has 2 N–H and O–H groups in total. The van der Waals surface area contributed by atoms with E-state index in [1.165, 1.54) is 6.07 Å². The van der Waals surface area contributed by atoms with E-state index in [1.54, 1.807) is 24.4 Å². The van der Waals surface area contributed by atoms with Crippen molar-refractivity contribution in [3.05, 3.63) is 87.5 Å². The number of amides is 1. The molecule has 210 valence electrons. The van der Waals surface area contributed by atoms with Gasteiger partial charge in [-0.15, -0.1) is 0 Å². The Bertz CT molecular complexity index is 1550. The van der Waals surface area contributed by atoms with Gasteiger partial charge in [-0.05, 0) is 48.2 Å². The summed E-state index contributed by atoms with van der Waals surface area (Å²) in [5.74, 6) is -1.06. The van der Waals surface area contributed by atoms with Crippen molar-refractivity contribution in [1.82, 2.24) is 15.1 Å². The average Bonchev–Trinajstić information content (AvgIpc) is 3.32. The van der Waals surface area contributed by atoms with Gasteiger partial charge < -0.3 is 10.4 Å². The van der Waals surface area contributed by atoms with E-state index >= 15 is 0 Å². The molecule has 1 atom stereocenters. The van der Waals surface area contributed by atoms with E-state index in [4.69, 9.17) is 28.3 Å². The zero-order valence-corrected chi connectivity index (χ0v) is 23.1. The number of halogens is 5. The van der Waals surface area contributed by atoms with E-state index in [1.807, 2.05) is 22.9 Å². The first-order valence-electron chi connectivity index (χ1n) is 12.5. The Balaban J connectivity index is 1.67. The Morgan fingerprint density at radius 3 is 2.30 bits per heavy atom. The van der Waals surface area contributed by atoms with Gasteiger partial charge in [0.05, 0.1) is 34.8 Å². The van der Waals surface area contributed by atoms with E-state index in [0.29, 0.717) is 33.0 Å². The fourth-order valence-corrected chi connectivity index (χ4v) is 5.11. The van der Waals surface area contributed by atoms with Crippen molar-refractivity contribution in [2.24, 2.45) is 5.92 Å². The normalized spacial score (nSPS) is 12.6. The molecule has 1 heterocycles. The molecule has 0 aliphatic carbocycles. The Hall–Kier alpha value is -3.56. The first-order chi connectivity index (χ1) is 18.9. The van der Waals surface area contributed by atoms with Crippen molar-refractivity contribution in [3.8, 4) is 11.1 Å². The van der Waals surface area contributed by atoms with E-state index in [0.717, 1.165) is 29.6 Å². The van der Waals surface area contributed by atoms with Gasteiger partial charge >= 0.3 is 12.1 Å². The maximum atomic E-state index is 13.1. The lowest BCUT2D eigenvalue weighted by Gasteiger charge is -2.22. The van der Waals surface area contributed by atoms with Crippen molar-refractivity contribution in [3.63, 3.8) is 0 Å². The standard InChI is InChI=1S/C29H26Cl2F3N3O3/c1-16(2)13-25(17-3-5-18(6-4-17)28(40)35-12-11-26(38)39)37-24-10-9-21(27(31)22(24)15-36-37)20-8-7-19(14-23(20)30)29(32,33)34/h3-10,14-16,25H,11-13H2,1-2H3,(H,35,40)(H,38,39). The summed E-state index contributed by atoms with van der Waals surface area (Å²) in [5, 5.41) is 16.8. The smallest absolute Gasteiger partial charge is 0.416 e. The van der Waals surface area contributed by atoms with Crippen LogP contribution < -0.4 is 5.32 Å². The molecule has 6 nitrogen and oxygen atoms in total. The molecule has 0 spiro atoms. The minimum atomic E-state index is -4.51. The quantitative estimate of drug-likeness (QED) is 0.207. The SMILES string of the molecule is CC(C)CC(c1ccc(C(=O)NCCC(=O)O)cc1)n1ncc2c(Cl)c(-c3ccc(C(F)(F)F)cc3Cl)ccc21. The van der Waals surface area contributed by atoms with Crippen LogP contribution in [0.4, 0.5) is 13.2 Å². The Labute approximate surface area is 238 Å². The van der Waals surface area contributed by atoms with Crippen molar-refractivity contribution in [2.45, 2.75) is 38.9 Å². The second-order valence-corrected chi connectivity index (χ2v) is 10.6. The van der Waals surface area contributed by atoms with E-state index < -0.39 is 17.7 Å². The van der Waals surface area contributed by atoms with Gasteiger partial charge in [-0.3, -0.25) is 14.3 Å². The molecule has 0 saturated heterocycles. The summed E-state index contributed by atoms with van der Waals surface area (Å²) in [4.78, 5) is 23.1. The number of nitrogens with zero attached hydrogens (tertiary/aromatic N) is 2. The van der Waals surface area contributed by atoms with Crippen LogP contribution in [-0.4, -0.2) is 33.3 Å². The van der Waals surface area contributed by atoms with E-state index in [-0.39, 0.29) is 29.9 Å². The van der Waals surface area contributed by atoms with Gasteiger partial charge in [-0.2, -0.15) is 18.3 Å². The number of fused-ring (bicyclic) bond motifs is 1. The van der Waals surface area contributed by atoms with Gasteiger partial charge in [-0.25, -0.2) is 0 Å². The summed E-state index contributed by atoms with van der Waals surface area (Å²) in [5.41, 5.74) is 2.08. The van der Waals surface area contributed by atoms with E-state index in [9.17, 15) is 22.8 Å². The zero-order valence-electron chi connectivity index (χ0n) is 21.6. The minimum absolute atomic E-state index is 0.0333. The topological polar surface area (TPSA) is 84.2 Å². The van der Waals surface area contributed by atoms with Crippen LogP contribution in [0.3, 0.4) is 0 Å². The van der Waals surface area contributed by atoms with Gasteiger partial charge in [0, 0.05) is 33.6 Å².